The van der Waals surface area contributed by atoms with Crippen LogP contribution >= 0.6 is 11.6 Å². The molecule has 0 amide bonds. The fraction of sp³-hybridized carbons (Fsp3) is 0.300. The Labute approximate surface area is 82.5 Å². The zero-order valence-electron chi connectivity index (χ0n) is 7.63. The third-order valence-electron chi connectivity index (χ3n) is 1.70. The Bertz CT molecular complexity index is 300. The molecule has 0 saturated heterocycles. The van der Waals surface area contributed by atoms with E-state index in [1.807, 2.05) is 13.0 Å². The van der Waals surface area contributed by atoms with Crippen molar-refractivity contribution in [3.05, 3.63) is 34.3 Å². The van der Waals surface area contributed by atoms with Crippen LogP contribution < -0.4 is 0 Å². The number of benzene rings is 1. The highest BCUT2D eigenvalue weighted by molar-refractivity contribution is 6.33. The van der Waals surface area contributed by atoms with Crippen molar-refractivity contribution in [1.29, 1.82) is 0 Å². The molecule has 3 heteroatoms. The van der Waals surface area contributed by atoms with Gasteiger partial charge in [0.2, 0.25) is 0 Å². The van der Waals surface area contributed by atoms with E-state index in [2.05, 4.69) is 0 Å². The zero-order valence-corrected chi connectivity index (χ0v) is 8.39. The molecule has 0 aliphatic carbocycles. The first-order valence-corrected chi connectivity index (χ1v) is 4.46. The Hall–Kier alpha value is -1.02. The molecule has 1 aromatic rings. The first-order valence-electron chi connectivity index (χ1n) is 4.09. The first-order chi connectivity index (χ1) is 6.16. The van der Waals surface area contributed by atoms with Crippen LogP contribution in [0.25, 0.3) is 0 Å². The molecule has 0 atom stereocenters. The van der Waals surface area contributed by atoms with Gasteiger partial charge in [-0.2, -0.15) is 0 Å². The van der Waals surface area contributed by atoms with Gasteiger partial charge in [-0.15, -0.1) is 0 Å². The number of rotatable bonds is 2. The molecule has 0 bridgehead atoms. The van der Waals surface area contributed by atoms with E-state index in [0.29, 0.717) is 17.2 Å². The van der Waals surface area contributed by atoms with E-state index in [1.54, 1.807) is 19.1 Å². The lowest BCUT2D eigenvalue weighted by molar-refractivity contribution is 0.0526. The lowest BCUT2D eigenvalue weighted by atomic mass is 10.1. The van der Waals surface area contributed by atoms with Crippen molar-refractivity contribution >= 4 is 17.6 Å². The number of carbonyl (C=O) groups is 1. The lowest BCUT2D eigenvalue weighted by Gasteiger charge is -2.06. The molecule has 0 saturated carbocycles. The number of aryl methyl sites for hydroxylation is 1. The normalized spacial score (nSPS) is 9.77. The smallest absolute Gasteiger partial charge is 0.339 e. The highest BCUT2D eigenvalue weighted by Crippen LogP contribution is 2.20. The Morgan fingerprint density at radius 1 is 1.54 bits per heavy atom. The fourth-order valence-electron chi connectivity index (χ4n) is 1.09. The predicted molar refractivity (Wildman–Crippen MR) is 52.1 cm³/mol. The van der Waals surface area contributed by atoms with E-state index < -0.39 is 0 Å². The van der Waals surface area contributed by atoms with E-state index in [4.69, 9.17) is 16.3 Å². The predicted octanol–water partition coefficient (Wildman–Crippen LogP) is 2.83. The number of hydrogen-bond donors (Lipinski definition) is 0. The van der Waals surface area contributed by atoms with Crippen LogP contribution in [-0.4, -0.2) is 12.6 Å². The third kappa shape index (κ3) is 2.22. The van der Waals surface area contributed by atoms with Gasteiger partial charge in [-0.05, 0) is 25.5 Å². The maximum absolute atomic E-state index is 11.4. The van der Waals surface area contributed by atoms with Crippen molar-refractivity contribution in [3.8, 4) is 0 Å². The maximum atomic E-state index is 11.4. The van der Waals surface area contributed by atoms with Crippen LogP contribution in [0.1, 0.15) is 22.8 Å². The van der Waals surface area contributed by atoms with Crippen LogP contribution in [0.5, 0.6) is 0 Å². The zero-order chi connectivity index (χ0) is 9.84. The molecular formula is C10H11ClO2. The van der Waals surface area contributed by atoms with E-state index in [1.165, 1.54) is 0 Å². The Balaban J connectivity index is 3.05. The highest BCUT2D eigenvalue weighted by Gasteiger charge is 2.13. The van der Waals surface area contributed by atoms with Gasteiger partial charge in [-0.3, -0.25) is 0 Å². The van der Waals surface area contributed by atoms with Gasteiger partial charge in [-0.1, -0.05) is 23.7 Å². The molecule has 0 spiro atoms. The van der Waals surface area contributed by atoms with E-state index >= 15 is 0 Å². The molecule has 2 nitrogen and oxygen atoms in total. The third-order valence-corrected chi connectivity index (χ3v) is 2.02. The minimum atomic E-state index is -0.356. The Morgan fingerprint density at radius 3 is 2.77 bits per heavy atom. The van der Waals surface area contributed by atoms with Gasteiger partial charge in [0, 0.05) is 0 Å². The fourth-order valence-corrected chi connectivity index (χ4v) is 1.39. The van der Waals surface area contributed by atoms with Gasteiger partial charge in [0.05, 0.1) is 17.2 Å². The molecule has 0 aromatic heterocycles. The number of halogens is 1. The molecule has 0 heterocycles. The minimum Gasteiger partial charge on any atom is -0.462 e. The van der Waals surface area contributed by atoms with E-state index in [9.17, 15) is 4.79 Å². The van der Waals surface area contributed by atoms with Gasteiger partial charge in [0.25, 0.3) is 0 Å². The van der Waals surface area contributed by atoms with Crippen molar-refractivity contribution in [2.75, 3.05) is 6.61 Å². The molecule has 1 aromatic carbocycles. The topological polar surface area (TPSA) is 26.3 Å². The summed E-state index contributed by atoms with van der Waals surface area (Å²) in [7, 11) is 0. The van der Waals surface area contributed by atoms with Crippen molar-refractivity contribution in [3.63, 3.8) is 0 Å². The molecular weight excluding hydrogens is 188 g/mol. The summed E-state index contributed by atoms with van der Waals surface area (Å²) in [6, 6.07) is 5.32. The summed E-state index contributed by atoms with van der Waals surface area (Å²) < 4.78 is 4.87. The minimum absolute atomic E-state index is 0.356. The van der Waals surface area contributed by atoms with Crippen LogP contribution in [0.2, 0.25) is 5.02 Å². The molecule has 13 heavy (non-hydrogen) atoms. The standard InChI is InChI=1S/C10H11ClO2/c1-3-13-10(12)9-7(2)5-4-6-8(9)11/h4-6H,3H2,1-2H3. The summed E-state index contributed by atoms with van der Waals surface area (Å²) in [5.74, 6) is -0.356. The molecule has 0 radical (unpaired) electrons. The van der Waals surface area contributed by atoms with E-state index in [-0.39, 0.29) is 5.97 Å². The van der Waals surface area contributed by atoms with Crippen molar-refractivity contribution in [1.82, 2.24) is 0 Å². The molecule has 0 unspecified atom stereocenters. The number of carbonyl (C=O) groups excluding carboxylic acids is 1. The largest absolute Gasteiger partial charge is 0.462 e. The average molecular weight is 199 g/mol. The van der Waals surface area contributed by atoms with Crippen molar-refractivity contribution < 1.29 is 9.53 Å². The van der Waals surface area contributed by atoms with Gasteiger partial charge in [0.15, 0.2) is 0 Å². The number of esters is 1. The van der Waals surface area contributed by atoms with Crippen LogP contribution in [0, 0.1) is 6.92 Å². The van der Waals surface area contributed by atoms with Crippen LogP contribution in [0.4, 0.5) is 0 Å². The Kier molecular flexibility index (Phi) is 3.32. The second-order valence-electron chi connectivity index (χ2n) is 2.65. The monoisotopic (exact) mass is 198 g/mol. The quantitative estimate of drug-likeness (QED) is 0.684. The summed E-state index contributed by atoms with van der Waals surface area (Å²) in [6.45, 7) is 3.96. The van der Waals surface area contributed by atoms with Crippen molar-refractivity contribution in [2.45, 2.75) is 13.8 Å². The molecule has 70 valence electrons. The Morgan fingerprint density at radius 2 is 2.23 bits per heavy atom. The SMILES string of the molecule is CCOC(=O)c1c(C)cccc1Cl. The van der Waals surface area contributed by atoms with Crippen LogP contribution in [0.15, 0.2) is 18.2 Å². The summed E-state index contributed by atoms with van der Waals surface area (Å²) in [6.07, 6.45) is 0. The summed E-state index contributed by atoms with van der Waals surface area (Å²) in [5, 5.41) is 0.443. The highest BCUT2D eigenvalue weighted by atomic mass is 35.5. The lowest BCUT2D eigenvalue weighted by Crippen LogP contribution is -2.07. The number of hydrogen-bond acceptors (Lipinski definition) is 2. The average Bonchev–Trinajstić information content (AvgIpc) is 2.04. The van der Waals surface area contributed by atoms with Crippen molar-refractivity contribution in [2.24, 2.45) is 0 Å². The molecule has 0 fully saturated rings. The summed E-state index contributed by atoms with van der Waals surface area (Å²) in [4.78, 5) is 11.4. The van der Waals surface area contributed by atoms with E-state index in [0.717, 1.165) is 5.56 Å². The van der Waals surface area contributed by atoms with Crippen LogP contribution in [-0.2, 0) is 4.74 Å². The van der Waals surface area contributed by atoms with Gasteiger partial charge >= 0.3 is 5.97 Å². The van der Waals surface area contributed by atoms with Gasteiger partial charge in [-0.25, -0.2) is 4.79 Å². The molecule has 0 N–H and O–H groups in total. The molecule has 1 rings (SSSR count). The summed E-state index contributed by atoms with van der Waals surface area (Å²) >= 11 is 5.86. The molecule has 0 aliphatic rings. The van der Waals surface area contributed by atoms with Gasteiger partial charge in [0.1, 0.15) is 0 Å². The number of ether oxygens (including phenoxy) is 1. The maximum Gasteiger partial charge on any atom is 0.339 e. The van der Waals surface area contributed by atoms with Crippen LogP contribution in [0.3, 0.4) is 0 Å². The molecule has 0 aliphatic heterocycles. The first kappa shape index (κ1) is 10.1. The second-order valence-corrected chi connectivity index (χ2v) is 3.06. The van der Waals surface area contributed by atoms with Gasteiger partial charge < -0.3 is 4.74 Å². The summed E-state index contributed by atoms with van der Waals surface area (Å²) in [5.41, 5.74) is 1.30. The second kappa shape index (κ2) is 4.28.